The van der Waals surface area contributed by atoms with E-state index in [0.29, 0.717) is 39.0 Å². The van der Waals surface area contributed by atoms with Crippen molar-refractivity contribution in [2.75, 3.05) is 5.32 Å². The number of nitrogens with zero attached hydrogens (tertiary/aromatic N) is 2. The first-order valence-corrected chi connectivity index (χ1v) is 8.25. The quantitative estimate of drug-likeness (QED) is 0.754. The number of anilines is 1. The monoisotopic (exact) mass is 341 g/mol. The van der Waals surface area contributed by atoms with Crippen molar-refractivity contribution in [3.63, 3.8) is 0 Å². The predicted molar refractivity (Wildman–Crippen MR) is 92.7 cm³/mol. The number of aromatic nitrogens is 2. The largest absolute Gasteiger partial charge is 0.336 e. The third kappa shape index (κ3) is 2.65. The number of fused-ring (bicyclic) bond motifs is 1. The van der Waals surface area contributed by atoms with Crippen LogP contribution in [0.2, 0.25) is 5.02 Å². The minimum atomic E-state index is -0.212. The van der Waals surface area contributed by atoms with Gasteiger partial charge in [-0.05, 0) is 50.5 Å². The lowest BCUT2D eigenvalue weighted by Gasteiger charge is -2.09. The maximum Gasteiger partial charge on any atom is 0.259 e. The zero-order chi connectivity index (χ0) is 16.8. The van der Waals surface area contributed by atoms with Gasteiger partial charge < -0.3 is 9.84 Å². The molecule has 0 bridgehead atoms. The molecule has 1 fully saturated rings. The zero-order valence-corrected chi connectivity index (χ0v) is 14.1. The summed E-state index contributed by atoms with van der Waals surface area (Å²) in [4.78, 5) is 17.3. The van der Waals surface area contributed by atoms with Crippen LogP contribution >= 0.6 is 11.6 Å². The number of benzene rings is 1. The van der Waals surface area contributed by atoms with E-state index in [0.717, 1.165) is 24.1 Å². The van der Waals surface area contributed by atoms with Gasteiger partial charge >= 0.3 is 0 Å². The molecule has 1 saturated carbocycles. The Bertz CT molecular complexity index is 960. The second-order valence-corrected chi connectivity index (χ2v) is 6.64. The highest BCUT2D eigenvalue weighted by Crippen LogP contribution is 2.40. The Morgan fingerprint density at radius 1 is 1.29 bits per heavy atom. The van der Waals surface area contributed by atoms with Crippen LogP contribution in [-0.2, 0) is 0 Å². The Balaban J connectivity index is 1.75. The molecule has 5 nitrogen and oxygen atoms in total. The van der Waals surface area contributed by atoms with Crippen LogP contribution in [0.3, 0.4) is 0 Å². The maximum atomic E-state index is 12.8. The lowest BCUT2D eigenvalue weighted by Crippen LogP contribution is -2.13. The highest BCUT2D eigenvalue weighted by Gasteiger charge is 2.28. The highest BCUT2D eigenvalue weighted by molar-refractivity contribution is 6.31. The summed E-state index contributed by atoms with van der Waals surface area (Å²) in [5, 5.41) is 8.14. The van der Waals surface area contributed by atoms with Crippen molar-refractivity contribution in [2.45, 2.75) is 32.6 Å². The summed E-state index contributed by atoms with van der Waals surface area (Å²) in [6.07, 6.45) is 2.19. The van der Waals surface area contributed by atoms with E-state index in [9.17, 15) is 4.79 Å². The molecule has 2 heterocycles. The molecule has 0 aliphatic heterocycles. The van der Waals surface area contributed by atoms with Gasteiger partial charge in [0.1, 0.15) is 0 Å². The van der Waals surface area contributed by atoms with Crippen molar-refractivity contribution in [3.8, 4) is 0 Å². The maximum absolute atomic E-state index is 12.8. The molecule has 1 aromatic carbocycles. The Morgan fingerprint density at radius 2 is 2.08 bits per heavy atom. The van der Waals surface area contributed by atoms with Crippen molar-refractivity contribution in [3.05, 3.63) is 51.8 Å². The minimum Gasteiger partial charge on any atom is -0.336 e. The summed E-state index contributed by atoms with van der Waals surface area (Å²) in [6.45, 7) is 3.73. The fourth-order valence-electron chi connectivity index (χ4n) is 2.75. The number of halogens is 1. The van der Waals surface area contributed by atoms with Crippen LogP contribution in [0.1, 0.15) is 46.1 Å². The molecular weight excluding hydrogens is 326 g/mol. The topological polar surface area (TPSA) is 68.0 Å². The summed E-state index contributed by atoms with van der Waals surface area (Å²) in [7, 11) is 0. The molecule has 0 atom stereocenters. The van der Waals surface area contributed by atoms with E-state index in [2.05, 4.69) is 15.5 Å². The molecular formula is C18H16ClN3O2. The van der Waals surface area contributed by atoms with E-state index < -0.39 is 0 Å². The molecule has 1 amide bonds. The molecule has 122 valence electrons. The Labute approximate surface area is 144 Å². The average molecular weight is 342 g/mol. The molecule has 1 aliphatic carbocycles. The van der Waals surface area contributed by atoms with E-state index in [-0.39, 0.29) is 5.91 Å². The van der Waals surface area contributed by atoms with Crippen LogP contribution in [0, 0.1) is 13.8 Å². The first-order chi connectivity index (χ1) is 11.5. The van der Waals surface area contributed by atoms with Gasteiger partial charge in [-0.15, -0.1) is 0 Å². The number of hydrogen-bond donors (Lipinski definition) is 1. The predicted octanol–water partition coefficient (Wildman–Crippen LogP) is 4.62. The lowest BCUT2D eigenvalue weighted by atomic mass is 10.1. The van der Waals surface area contributed by atoms with Gasteiger partial charge in [0.25, 0.3) is 11.6 Å². The smallest absolute Gasteiger partial charge is 0.259 e. The number of nitrogens with one attached hydrogen (secondary N) is 1. The molecule has 24 heavy (non-hydrogen) atoms. The Morgan fingerprint density at radius 3 is 2.79 bits per heavy atom. The number of pyridine rings is 1. The fraction of sp³-hybridized carbons (Fsp3) is 0.278. The van der Waals surface area contributed by atoms with E-state index >= 15 is 0 Å². The van der Waals surface area contributed by atoms with Crippen LogP contribution in [0.15, 0.2) is 28.8 Å². The molecule has 0 unspecified atom stereocenters. The van der Waals surface area contributed by atoms with Crippen LogP contribution in [-0.4, -0.2) is 16.0 Å². The first-order valence-electron chi connectivity index (χ1n) is 7.87. The number of carbonyl (C=O) groups is 1. The second kappa shape index (κ2) is 5.60. The third-order valence-corrected chi connectivity index (χ3v) is 4.71. The van der Waals surface area contributed by atoms with Gasteiger partial charge in [0.05, 0.1) is 16.6 Å². The second-order valence-electron chi connectivity index (χ2n) is 6.24. The highest BCUT2D eigenvalue weighted by atomic mass is 35.5. The number of rotatable bonds is 3. The van der Waals surface area contributed by atoms with Crippen molar-refractivity contribution in [1.29, 1.82) is 0 Å². The molecule has 4 rings (SSSR count). The standard InChI is InChI=1S/C18H16ClN3O2/c1-9-3-6-12(7-14(9)19)20-17(23)13-8-15(11-4-5-11)21-18-16(13)10(2)22-24-18/h3,6-8,11H,4-5H2,1-2H3,(H,20,23). The van der Waals surface area contributed by atoms with Gasteiger partial charge in [0.15, 0.2) is 0 Å². The normalized spacial score (nSPS) is 14.1. The van der Waals surface area contributed by atoms with Gasteiger partial charge in [0.2, 0.25) is 0 Å². The third-order valence-electron chi connectivity index (χ3n) is 4.31. The fourth-order valence-corrected chi connectivity index (χ4v) is 2.93. The Kier molecular flexibility index (Phi) is 3.53. The molecule has 6 heteroatoms. The first kappa shape index (κ1) is 15.1. The number of hydrogen-bond acceptors (Lipinski definition) is 4. The van der Waals surface area contributed by atoms with Crippen LogP contribution in [0.5, 0.6) is 0 Å². The summed E-state index contributed by atoms with van der Waals surface area (Å²) in [5.74, 6) is 0.204. The molecule has 0 spiro atoms. The average Bonchev–Trinajstić information content (AvgIpc) is 3.34. The van der Waals surface area contributed by atoms with E-state index in [4.69, 9.17) is 16.1 Å². The molecule has 3 aromatic rings. The molecule has 0 saturated heterocycles. The summed E-state index contributed by atoms with van der Waals surface area (Å²) < 4.78 is 5.28. The van der Waals surface area contributed by atoms with Crippen molar-refractivity contribution in [2.24, 2.45) is 0 Å². The van der Waals surface area contributed by atoms with Crippen LogP contribution < -0.4 is 5.32 Å². The SMILES string of the molecule is Cc1ccc(NC(=O)c2cc(C3CC3)nc3onc(C)c23)cc1Cl. The summed E-state index contributed by atoms with van der Waals surface area (Å²) >= 11 is 6.13. The molecule has 1 aliphatic rings. The van der Waals surface area contributed by atoms with E-state index in [1.165, 1.54) is 0 Å². The zero-order valence-electron chi connectivity index (χ0n) is 13.4. The number of amides is 1. The van der Waals surface area contributed by atoms with Crippen molar-refractivity contribution >= 4 is 34.3 Å². The number of carbonyl (C=O) groups excluding carboxylic acids is 1. The van der Waals surface area contributed by atoms with Gasteiger partial charge in [-0.2, -0.15) is 0 Å². The number of aryl methyl sites for hydroxylation is 2. The molecule has 1 N–H and O–H groups in total. The molecule has 2 aromatic heterocycles. The van der Waals surface area contributed by atoms with E-state index in [1.807, 2.05) is 32.0 Å². The summed E-state index contributed by atoms with van der Waals surface area (Å²) in [6, 6.07) is 7.31. The van der Waals surface area contributed by atoms with Crippen LogP contribution in [0.25, 0.3) is 11.1 Å². The van der Waals surface area contributed by atoms with Gasteiger partial charge in [-0.1, -0.05) is 22.8 Å². The van der Waals surface area contributed by atoms with E-state index in [1.54, 1.807) is 6.07 Å². The summed E-state index contributed by atoms with van der Waals surface area (Å²) in [5.41, 5.74) is 4.13. The van der Waals surface area contributed by atoms with Gasteiger partial charge in [-0.3, -0.25) is 4.79 Å². The van der Waals surface area contributed by atoms with Gasteiger partial charge in [0, 0.05) is 22.3 Å². The minimum absolute atomic E-state index is 0.212. The van der Waals surface area contributed by atoms with Crippen LogP contribution in [0.4, 0.5) is 5.69 Å². The molecule has 0 radical (unpaired) electrons. The van der Waals surface area contributed by atoms with Gasteiger partial charge in [-0.25, -0.2) is 4.98 Å². The van der Waals surface area contributed by atoms with Crippen molar-refractivity contribution in [1.82, 2.24) is 10.1 Å². The Hall–Kier alpha value is -2.40. The lowest BCUT2D eigenvalue weighted by molar-refractivity contribution is 0.102. The van der Waals surface area contributed by atoms with Crippen molar-refractivity contribution < 1.29 is 9.32 Å².